The Labute approximate surface area is 76.0 Å². The van der Waals surface area contributed by atoms with E-state index in [0.29, 0.717) is 0 Å². The van der Waals surface area contributed by atoms with Crippen molar-refractivity contribution in [1.82, 2.24) is 0 Å². The first-order valence-electron chi connectivity index (χ1n) is 4.07. The average Bonchev–Trinajstić information content (AvgIpc) is 2.47. The van der Waals surface area contributed by atoms with Crippen LogP contribution in [0, 0.1) is 5.92 Å². The third-order valence-electron chi connectivity index (χ3n) is 1.48. The molecule has 0 saturated carbocycles. The lowest BCUT2D eigenvalue weighted by atomic mass is 10.2. The molecule has 13 heavy (non-hydrogen) atoms. The predicted octanol–water partition coefficient (Wildman–Crippen LogP) is 0.0851. The molecule has 1 aliphatic heterocycles. The van der Waals surface area contributed by atoms with Gasteiger partial charge in [0.2, 0.25) is 6.29 Å². The van der Waals surface area contributed by atoms with E-state index in [9.17, 15) is 9.59 Å². The molecule has 5 heteroatoms. The van der Waals surface area contributed by atoms with Crippen LogP contribution in [0.4, 0.5) is 0 Å². The van der Waals surface area contributed by atoms with E-state index in [0.717, 1.165) is 0 Å². The molecular weight excluding hydrogens is 176 g/mol. The highest BCUT2D eigenvalue weighted by molar-refractivity contribution is 5.72. The summed E-state index contributed by atoms with van der Waals surface area (Å²) in [5.74, 6) is -0.936. The zero-order valence-electron chi connectivity index (χ0n) is 7.61. The Bertz CT molecular complexity index is 211. The highest BCUT2D eigenvalue weighted by atomic mass is 16.8. The lowest BCUT2D eigenvalue weighted by Crippen LogP contribution is -2.22. The largest absolute Gasteiger partial charge is 0.459 e. The molecule has 5 nitrogen and oxygen atoms in total. The van der Waals surface area contributed by atoms with Gasteiger partial charge in [0, 0.05) is 0 Å². The molecule has 0 aliphatic carbocycles. The van der Waals surface area contributed by atoms with Crippen molar-refractivity contribution < 1.29 is 23.8 Å². The SMILES string of the molecule is CC(C)C(=O)OC[C@H]1OCC(=O)O1. The Kier molecular flexibility index (Phi) is 3.25. The lowest BCUT2D eigenvalue weighted by molar-refractivity contribution is -0.164. The second-order valence-electron chi connectivity index (χ2n) is 3.02. The molecule has 0 spiro atoms. The van der Waals surface area contributed by atoms with Crippen molar-refractivity contribution in [3.63, 3.8) is 0 Å². The van der Waals surface area contributed by atoms with E-state index in [1.165, 1.54) is 0 Å². The first-order chi connectivity index (χ1) is 6.09. The highest BCUT2D eigenvalue weighted by Gasteiger charge is 2.25. The monoisotopic (exact) mass is 188 g/mol. The number of cyclic esters (lactones) is 1. The number of esters is 2. The maximum absolute atomic E-state index is 11.0. The summed E-state index contributed by atoms with van der Waals surface area (Å²) in [6.45, 7) is 3.36. The van der Waals surface area contributed by atoms with E-state index < -0.39 is 12.3 Å². The van der Waals surface area contributed by atoms with Crippen LogP contribution >= 0.6 is 0 Å². The number of hydrogen-bond acceptors (Lipinski definition) is 5. The molecule has 1 atom stereocenters. The number of hydrogen-bond donors (Lipinski definition) is 0. The zero-order valence-corrected chi connectivity index (χ0v) is 7.61. The molecule has 1 heterocycles. The Morgan fingerprint density at radius 1 is 1.69 bits per heavy atom. The van der Waals surface area contributed by atoms with Gasteiger partial charge in [-0.2, -0.15) is 0 Å². The van der Waals surface area contributed by atoms with Crippen LogP contribution in [0.1, 0.15) is 13.8 Å². The minimum atomic E-state index is -0.727. The summed E-state index contributed by atoms with van der Waals surface area (Å²) >= 11 is 0. The molecule has 1 fully saturated rings. The minimum Gasteiger partial charge on any atom is -0.459 e. The zero-order chi connectivity index (χ0) is 9.84. The van der Waals surface area contributed by atoms with E-state index in [1.54, 1.807) is 13.8 Å². The molecule has 0 radical (unpaired) electrons. The van der Waals surface area contributed by atoms with E-state index in [1.807, 2.05) is 0 Å². The maximum atomic E-state index is 11.0. The summed E-state index contributed by atoms with van der Waals surface area (Å²) in [6, 6.07) is 0. The topological polar surface area (TPSA) is 61.8 Å². The fourth-order valence-corrected chi connectivity index (χ4v) is 0.775. The Hall–Kier alpha value is -1.10. The fourth-order valence-electron chi connectivity index (χ4n) is 0.775. The van der Waals surface area contributed by atoms with Gasteiger partial charge in [0.05, 0.1) is 5.92 Å². The number of carbonyl (C=O) groups excluding carboxylic acids is 2. The number of carbonyl (C=O) groups is 2. The molecular formula is C8H12O5. The van der Waals surface area contributed by atoms with E-state index in [2.05, 4.69) is 4.74 Å². The van der Waals surface area contributed by atoms with Crippen molar-refractivity contribution >= 4 is 11.9 Å². The molecule has 0 bridgehead atoms. The van der Waals surface area contributed by atoms with E-state index in [-0.39, 0.29) is 25.1 Å². The summed E-state index contributed by atoms with van der Waals surface area (Å²) in [7, 11) is 0. The van der Waals surface area contributed by atoms with Crippen LogP contribution < -0.4 is 0 Å². The highest BCUT2D eigenvalue weighted by Crippen LogP contribution is 2.06. The van der Waals surface area contributed by atoms with Crippen LogP contribution in [0.2, 0.25) is 0 Å². The summed E-state index contributed by atoms with van der Waals surface area (Å²) in [6.07, 6.45) is -0.727. The van der Waals surface area contributed by atoms with E-state index in [4.69, 9.17) is 9.47 Å². The number of rotatable bonds is 3. The lowest BCUT2D eigenvalue weighted by Gasteiger charge is -2.10. The summed E-state index contributed by atoms with van der Waals surface area (Å²) in [5, 5.41) is 0. The fraction of sp³-hybridized carbons (Fsp3) is 0.750. The second-order valence-corrected chi connectivity index (χ2v) is 3.02. The molecule has 0 aromatic rings. The molecule has 1 rings (SSSR count). The van der Waals surface area contributed by atoms with Gasteiger partial charge in [-0.1, -0.05) is 13.8 Å². The maximum Gasteiger partial charge on any atom is 0.334 e. The first-order valence-corrected chi connectivity index (χ1v) is 4.07. The van der Waals surface area contributed by atoms with Crippen molar-refractivity contribution in [2.75, 3.05) is 13.2 Å². The second kappa shape index (κ2) is 4.23. The smallest absolute Gasteiger partial charge is 0.334 e. The summed E-state index contributed by atoms with van der Waals surface area (Å²) in [5.41, 5.74) is 0. The summed E-state index contributed by atoms with van der Waals surface area (Å²) in [4.78, 5) is 21.5. The van der Waals surface area contributed by atoms with Crippen LogP contribution in [0.5, 0.6) is 0 Å². The van der Waals surface area contributed by atoms with Gasteiger partial charge in [-0.15, -0.1) is 0 Å². The molecule has 1 saturated heterocycles. The van der Waals surface area contributed by atoms with Gasteiger partial charge in [-0.25, -0.2) is 4.79 Å². The van der Waals surface area contributed by atoms with Gasteiger partial charge < -0.3 is 14.2 Å². The Balaban J connectivity index is 2.19. The predicted molar refractivity (Wildman–Crippen MR) is 41.6 cm³/mol. The molecule has 0 unspecified atom stereocenters. The molecule has 0 amide bonds. The third-order valence-corrected chi connectivity index (χ3v) is 1.48. The quantitative estimate of drug-likeness (QED) is 0.587. The van der Waals surface area contributed by atoms with Crippen LogP contribution in [-0.2, 0) is 23.8 Å². The van der Waals surface area contributed by atoms with Gasteiger partial charge in [-0.3, -0.25) is 4.79 Å². The van der Waals surface area contributed by atoms with E-state index >= 15 is 0 Å². The van der Waals surface area contributed by atoms with Crippen LogP contribution in [0.3, 0.4) is 0 Å². The Morgan fingerprint density at radius 2 is 2.38 bits per heavy atom. The molecule has 74 valence electrons. The standard InChI is InChI=1S/C8H12O5/c1-5(2)8(10)12-4-7-11-3-6(9)13-7/h5,7H,3-4H2,1-2H3/t7-/m0/s1. The van der Waals surface area contributed by atoms with Crippen molar-refractivity contribution in [3.8, 4) is 0 Å². The Morgan fingerprint density at radius 3 is 2.85 bits per heavy atom. The van der Waals surface area contributed by atoms with Gasteiger partial charge in [0.25, 0.3) is 0 Å². The van der Waals surface area contributed by atoms with Gasteiger partial charge in [0.1, 0.15) is 6.61 Å². The van der Waals surface area contributed by atoms with Crippen molar-refractivity contribution in [2.45, 2.75) is 20.1 Å². The van der Waals surface area contributed by atoms with Crippen LogP contribution in [-0.4, -0.2) is 31.4 Å². The number of ether oxygens (including phenoxy) is 3. The minimum absolute atomic E-state index is 0.0250. The van der Waals surface area contributed by atoms with Crippen LogP contribution in [0.15, 0.2) is 0 Å². The third kappa shape index (κ3) is 3.02. The van der Waals surface area contributed by atoms with Crippen molar-refractivity contribution in [1.29, 1.82) is 0 Å². The molecule has 1 aliphatic rings. The molecule has 0 aromatic heterocycles. The average molecular weight is 188 g/mol. The van der Waals surface area contributed by atoms with Gasteiger partial charge in [0.15, 0.2) is 6.61 Å². The van der Waals surface area contributed by atoms with Crippen LogP contribution in [0.25, 0.3) is 0 Å². The van der Waals surface area contributed by atoms with Gasteiger partial charge >= 0.3 is 11.9 Å². The normalized spacial score (nSPS) is 21.8. The van der Waals surface area contributed by atoms with Crippen molar-refractivity contribution in [3.05, 3.63) is 0 Å². The molecule has 0 aromatic carbocycles. The first kappa shape index (κ1) is 9.98. The summed E-state index contributed by atoms with van der Waals surface area (Å²) < 4.78 is 14.3. The molecule has 0 N–H and O–H groups in total. The van der Waals surface area contributed by atoms with Crippen molar-refractivity contribution in [2.24, 2.45) is 5.92 Å². The van der Waals surface area contributed by atoms with Gasteiger partial charge in [-0.05, 0) is 0 Å².